The van der Waals surface area contributed by atoms with Crippen LogP contribution < -0.4 is 5.73 Å². The second-order valence-electron chi connectivity index (χ2n) is 2.05. The average Bonchev–Trinajstić information content (AvgIpc) is 2.17. The van der Waals surface area contributed by atoms with E-state index in [1.54, 1.807) is 0 Å². The van der Waals surface area contributed by atoms with E-state index in [0.717, 1.165) is 13.0 Å². The van der Waals surface area contributed by atoms with Gasteiger partial charge in [-0.05, 0) is 32.0 Å². The molecule has 0 aromatic carbocycles. The number of hydrogen-bond donors (Lipinski definition) is 1. The fourth-order valence-corrected chi connectivity index (χ4v) is 1.67. The molecule has 1 rings (SSSR count). The molecule has 1 aromatic rings. The quantitative estimate of drug-likeness (QED) is 0.664. The molecule has 1 aromatic heterocycles. The summed E-state index contributed by atoms with van der Waals surface area (Å²) in [5.74, 6) is 0. The van der Waals surface area contributed by atoms with Crippen molar-refractivity contribution in [1.29, 1.82) is 0 Å². The maximum absolute atomic E-state index is 5.38. The van der Waals surface area contributed by atoms with Gasteiger partial charge in [0.1, 0.15) is 0 Å². The third kappa shape index (κ3) is 1.80. The molecule has 0 atom stereocenters. The van der Waals surface area contributed by atoms with Crippen LogP contribution in [0.4, 0.5) is 0 Å². The van der Waals surface area contributed by atoms with Gasteiger partial charge in [0.2, 0.25) is 0 Å². The van der Waals surface area contributed by atoms with Gasteiger partial charge in [-0.15, -0.1) is 11.3 Å². The van der Waals surface area contributed by atoms with E-state index in [2.05, 4.69) is 19.1 Å². The number of hydrogen-bond acceptors (Lipinski definition) is 2. The first kappa shape index (κ1) is 6.78. The number of nitrogens with two attached hydrogens (primary N) is 1. The maximum atomic E-state index is 5.38. The van der Waals surface area contributed by atoms with Crippen LogP contribution in [-0.2, 0) is 6.42 Å². The number of thiophene rings is 1. The first-order valence-corrected chi connectivity index (χ1v) is 3.90. The molecule has 0 spiro atoms. The normalized spacial score (nSPS) is 10.0. The Hall–Kier alpha value is -0.340. The number of rotatable bonds is 2. The van der Waals surface area contributed by atoms with Crippen molar-refractivity contribution in [1.82, 2.24) is 0 Å². The van der Waals surface area contributed by atoms with Gasteiger partial charge >= 0.3 is 0 Å². The van der Waals surface area contributed by atoms with E-state index < -0.39 is 0 Å². The fourth-order valence-electron chi connectivity index (χ4n) is 0.762. The van der Waals surface area contributed by atoms with E-state index in [-0.39, 0.29) is 0 Å². The van der Waals surface area contributed by atoms with E-state index in [1.165, 1.54) is 9.75 Å². The molecular weight excluding hydrogens is 130 g/mol. The van der Waals surface area contributed by atoms with Crippen LogP contribution in [0.5, 0.6) is 0 Å². The van der Waals surface area contributed by atoms with Gasteiger partial charge in [-0.1, -0.05) is 0 Å². The van der Waals surface area contributed by atoms with Crippen LogP contribution in [0.3, 0.4) is 0 Å². The summed E-state index contributed by atoms with van der Waals surface area (Å²) in [6, 6.07) is 4.28. The summed E-state index contributed by atoms with van der Waals surface area (Å²) in [5.41, 5.74) is 5.38. The van der Waals surface area contributed by atoms with Crippen molar-refractivity contribution < 1.29 is 0 Å². The van der Waals surface area contributed by atoms with Gasteiger partial charge in [-0.2, -0.15) is 0 Å². The molecule has 2 N–H and O–H groups in total. The van der Waals surface area contributed by atoms with Crippen molar-refractivity contribution in [3.8, 4) is 0 Å². The predicted molar refractivity (Wildman–Crippen MR) is 41.8 cm³/mol. The highest BCUT2D eigenvalue weighted by molar-refractivity contribution is 7.11. The minimum Gasteiger partial charge on any atom is -0.330 e. The Morgan fingerprint density at radius 1 is 1.56 bits per heavy atom. The highest BCUT2D eigenvalue weighted by atomic mass is 32.1. The largest absolute Gasteiger partial charge is 0.330 e. The Kier molecular flexibility index (Phi) is 2.25. The van der Waals surface area contributed by atoms with Crippen molar-refractivity contribution in [3.63, 3.8) is 0 Å². The molecule has 0 unspecified atom stereocenters. The second kappa shape index (κ2) is 2.99. The zero-order chi connectivity index (χ0) is 6.69. The number of aryl methyl sites for hydroxylation is 1. The summed E-state index contributed by atoms with van der Waals surface area (Å²) >= 11 is 1.83. The average molecular weight is 141 g/mol. The Balaban J connectivity index is 2.61. The van der Waals surface area contributed by atoms with Crippen molar-refractivity contribution in [2.75, 3.05) is 6.54 Å². The molecule has 1 heterocycles. The zero-order valence-corrected chi connectivity index (χ0v) is 6.37. The summed E-state index contributed by atoms with van der Waals surface area (Å²) in [4.78, 5) is 2.77. The Labute approximate surface area is 59.5 Å². The molecule has 0 fully saturated rings. The molecule has 0 bridgehead atoms. The van der Waals surface area contributed by atoms with Crippen LogP contribution in [0.25, 0.3) is 0 Å². The zero-order valence-electron chi connectivity index (χ0n) is 5.55. The van der Waals surface area contributed by atoms with Gasteiger partial charge in [-0.3, -0.25) is 0 Å². The molecule has 0 aliphatic heterocycles. The topological polar surface area (TPSA) is 26.0 Å². The Morgan fingerprint density at radius 3 is 2.78 bits per heavy atom. The van der Waals surface area contributed by atoms with Crippen LogP contribution in [0.15, 0.2) is 12.1 Å². The molecule has 0 radical (unpaired) electrons. The van der Waals surface area contributed by atoms with Crippen LogP contribution >= 0.6 is 11.3 Å². The fraction of sp³-hybridized carbons (Fsp3) is 0.429. The molecule has 9 heavy (non-hydrogen) atoms. The SMILES string of the molecule is Cc1ccc(CCN)s1. The minimum absolute atomic E-state index is 0.764. The van der Waals surface area contributed by atoms with E-state index in [0.29, 0.717) is 0 Å². The van der Waals surface area contributed by atoms with E-state index in [4.69, 9.17) is 5.73 Å². The Morgan fingerprint density at radius 2 is 2.33 bits per heavy atom. The van der Waals surface area contributed by atoms with Gasteiger partial charge < -0.3 is 5.73 Å². The van der Waals surface area contributed by atoms with E-state index >= 15 is 0 Å². The lowest BCUT2D eigenvalue weighted by molar-refractivity contribution is 0.989. The highest BCUT2D eigenvalue weighted by Gasteiger charge is 1.92. The predicted octanol–water partition coefficient (Wildman–Crippen LogP) is 1.56. The smallest absolute Gasteiger partial charge is 0.00606 e. The first-order chi connectivity index (χ1) is 4.33. The Bertz CT molecular complexity index is 181. The van der Waals surface area contributed by atoms with Gasteiger partial charge in [0.05, 0.1) is 0 Å². The molecular formula is C7H11NS. The molecule has 0 aliphatic rings. The van der Waals surface area contributed by atoms with Gasteiger partial charge in [-0.25, -0.2) is 0 Å². The lowest BCUT2D eigenvalue weighted by Gasteiger charge is -1.87. The summed E-state index contributed by atoms with van der Waals surface area (Å²) < 4.78 is 0. The molecule has 0 saturated carbocycles. The third-order valence-electron chi connectivity index (χ3n) is 1.19. The first-order valence-electron chi connectivity index (χ1n) is 3.08. The minimum atomic E-state index is 0.764. The van der Waals surface area contributed by atoms with E-state index in [1.807, 2.05) is 11.3 Å². The third-order valence-corrected chi connectivity index (χ3v) is 2.25. The van der Waals surface area contributed by atoms with Crippen LogP contribution in [0.1, 0.15) is 9.75 Å². The van der Waals surface area contributed by atoms with E-state index in [9.17, 15) is 0 Å². The summed E-state index contributed by atoms with van der Waals surface area (Å²) in [5, 5.41) is 0. The summed E-state index contributed by atoms with van der Waals surface area (Å²) in [6.07, 6.45) is 1.03. The van der Waals surface area contributed by atoms with Crippen molar-refractivity contribution in [2.45, 2.75) is 13.3 Å². The highest BCUT2D eigenvalue weighted by Crippen LogP contribution is 2.14. The van der Waals surface area contributed by atoms with Crippen LogP contribution in [0, 0.1) is 6.92 Å². The maximum Gasteiger partial charge on any atom is 0.00606 e. The van der Waals surface area contributed by atoms with Gasteiger partial charge in [0, 0.05) is 9.75 Å². The van der Waals surface area contributed by atoms with Crippen LogP contribution in [0.2, 0.25) is 0 Å². The lowest BCUT2D eigenvalue weighted by atomic mass is 10.3. The van der Waals surface area contributed by atoms with Crippen molar-refractivity contribution >= 4 is 11.3 Å². The second-order valence-corrected chi connectivity index (χ2v) is 3.42. The van der Waals surface area contributed by atoms with Gasteiger partial charge in [0.15, 0.2) is 0 Å². The molecule has 0 amide bonds. The summed E-state index contributed by atoms with van der Waals surface area (Å²) in [6.45, 7) is 2.88. The summed E-state index contributed by atoms with van der Waals surface area (Å²) in [7, 11) is 0. The molecule has 0 aliphatic carbocycles. The molecule has 2 heteroatoms. The van der Waals surface area contributed by atoms with Gasteiger partial charge in [0.25, 0.3) is 0 Å². The monoisotopic (exact) mass is 141 g/mol. The molecule has 0 saturated heterocycles. The lowest BCUT2D eigenvalue weighted by Crippen LogP contribution is -2.00. The van der Waals surface area contributed by atoms with Crippen molar-refractivity contribution in [3.05, 3.63) is 21.9 Å². The molecule has 50 valence electrons. The molecule has 1 nitrogen and oxygen atoms in total. The standard InChI is InChI=1S/C7H11NS/c1-6-2-3-7(9-6)4-5-8/h2-3H,4-5,8H2,1H3. The van der Waals surface area contributed by atoms with Crippen LogP contribution in [-0.4, -0.2) is 6.54 Å². The van der Waals surface area contributed by atoms with Crippen molar-refractivity contribution in [2.24, 2.45) is 5.73 Å².